The van der Waals surface area contributed by atoms with E-state index in [1.807, 2.05) is 0 Å². The molecule has 2 aromatic carbocycles. The van der Waals surface area contributed by atoms with Crippen LogP contribution in [0, 0.1) is 0 Å². The highest BCUT2D eigenvalue weighted by Gasteiger charge is 2.36. The van der Waals surface area contributed by atoms with Gasteiger partial charge in [0.1, 0.15) is 0 Å². The van der Waals surface area contributed by atoms with Crippen molar-refractivity contribution in [3.63, 3.8) is 0 Å². The number of amides is 3. The molecule has 0 saturated carbocycles. The van der Waals surface area contributed by atoms with E-state index in [2.05, 4.69) is 10.5 Å². The van der Waals surface area contributed by atoms with Crippen LogP contribution in [0.15, 0.2) is 47.5 Å². The maximum absolute atomic E-state index is 13.4. The molecule has 0 radical (unpaired) electrons. The normalized spacial score (nSPS) is 15.7. The molecule has 0 spiro atoms. The monoisotopic (exact) mass is 494 g/mol. The minimum absolute atomic E-state index is 0.0102. The Morgan fingerprint density at radius 1 is 1.21 bits per heavy atom. The van der Waals surface area contributed by atoms with Crippen LogP contribution in [0.1, 0.15) is 23.6 Å². The minimum Gasteiger partial charge on any atom is -0.274 e. The molecule has 33 heavy (non-hydrogen) atoms. The number of hydrazine groups is 1. The van der Waals surface area contributed by atoms with E-state index in [1.165, 1.54) is 36.0 Å². The summed E-state index contributed by atoms with van der Waals surface area (Å²) in [6.45, 7) is 1.06. The number of nitrogens with one attached hydrogen (secondary N) is 1. The minimum atomic E-state index is -4.56. The number of nitrogens with zero attached hydrogens (tertiary/aromatic N) is 3. The van der Waals surface area contributed by atoms with Gasteiger partial charge in [-0.15, -0.1) is 0 Å². The van der Waals surface area contributed by atoms with Crippen molar-refractivity contribution in [1.29, 1.82) is 0 Å². The van der Waals surface area contributed by atoms with Gasteiger partial charge in [0.05, 0.1) is 28.7 Å². The van der Waals surface area contributed by atoms with Crippen LogP contribution in [0.5, 0.6) is 0 Å². The van der Waals surface area contributed by atoms with Gasteiger partial charge in [0.15, 0.2) is 0 Å². The zero-order valence-electron chi connectivity index (χ0n) is 16.8. The highest BCUT2D eigenvalue weighted by Crippen LogP contribution is 2.35. The molecule has 0 unspecified atom stereocenters. The zero-order chi connectivity index (χ0) is 23.9. The number of imide groups is 1. The van der Waals surface area contributed by atoms with Gasteiger partial charge in [-0.05, 0) is 53.2 Å². The highest BCUT2D eigenvalue weighted by molar-refractivity contribution is 8.18. The van der Waals surface area contributed by atoms with Gasteiger partial charge in [0.2, 0.25) is 5.91 Å². The van der Waals surface area contributed by atoms with Crippen molar-refractivity contribution in [3.05, 3.63) is 69.2 Å². The number of hydrogen-bond acceptors (Lipinski definition) is 5. The van der Waals surface area contributed by atoms with Gasteiger partial charge >= 0.3 is 11.4 Å². The van der Waals surface area contributed by atoms with Crippen LogP contribution in [0.25, 0.3) is 17.0 Å². The van der Waals surface area contributed by atoms with Crippen molar-refractivity contribution >= 4 is 57.4 Å². The smallest absolute Gasteiger partial charge is 0.274 e. The number of halogens is 4. The molecule has 170 valence electrons. The topological polar surface area (TPSA) is 84.3 Å². The first-order valence-electron chi connectivity index (χ1n) is 9.39. The molecule has 4 rings (SSSR count). The predicted octanol–water partition coefficient (Wildman–Crippen LogP) is 4.84. The van der Waals surface area contributed by atoms with Crippen LogP contribution in [0.4, 0.5) is 18.0 Å². The van der Waals surface area contributed by atoms with E-state index < -0.39 is 28.8 Å². The molecule has 1 fully saturated rings. The van der Waals surface area contributed by atoms with Crippen LogP contribution >= 0.6 is 23.4 Å². The SMILES string of the molecule is CC(=O)NN1C(=O)S/C(=C\c2ccc3c(cnn3Cc3ccc(Cl)cc3C(F)(F)F)c2)C1=O. The average molecular weight is 495 g/mol. The van der Waals surface area contributed by atoms with E-state index in [9.17, 15) is 27.6 Å². The quantitative estimate of drug-likeness (QED) is 0.524. The van der Waals surface area contributed by atoms with E-state index in [4.69, 9.17) is 11.6 Å². The third-order valence-electron chi connectivity index (χ3n) is 4.72. The van der Waals surface area contributed by atoms with E-state index in [0.717, 1.165) is 6.07 Å². The van der Waals surface area contributed by atoms with Gasteiger partial charge < -0.3 is 0 Å². The highest BCUT2D eigenvalue weighted by atomic mass is 35.5. The molecular weight excluding hydrogens is 481 g/mol. The Hall–Kier alpha value is -3.31. The van der Waals surface area contributed by atoms with Crippen molar-refractivity contribution in [1.82, 2.24) is 20.2 Å². The van der Waals surface area contributed by atoms with Gasteiger partial charge in [-0.1, -0.05) is 23.7 Å². The molecule has 3 amide bonds. The Morgan fingerprint density at radius 2 is 1.97 bits per heavy atom. The summed E-state index contributed by atoms with van der Waals surface area (Å²) >= 11 is 6.42. The van der Waals surface area contributed by atoms with Crippen molar-refractivity contribution in [2.75, 3.05) is 0 Å². The molecule has 1 aromatic heterocycles. The maximum Gasteiger partial charge on any atom is 0.416 e. The molecule has 1 aliphatic heterocycles. The molecule has 1 aliphatic rings. The largest absolute Gasteiger partial charge is 0.416 e. The average Bonchev–Trinajstić information content (AvgIpc) is 3.24. The van der Waals surface area contributed by atoms with Gasteiger partial charge in [0.25, 0.3) is 5.91 Å². The summed E-state index contributed by atoms with van der Waals surface area (Å²) in [5.41, 5.74) is 2.52. The van der Waals surface area contributed by atoms with E-state index in [-0.39, 0.29) is 22.0 Å². The van der Waals surface area contributed by atoms with Crippen LogP contribution in [-0.4, -0.2) is 31.8 Å². The fourth-order valence-corrected chi connectivity index (χ4v) is 4.26. The second kappa shape index (κ2) is 8.56. The number of thioether (sulfide) groups is 1. The Morgan fingerprint density at radius 3 is 2.67 bits per heavy atom. The number of carbonyl (C=O) groups is 3. The van der Waals surface area contributed by atoms with Crippen molar-refractivity contribution in [2.24, 2.45) is 0 Å². The molecule has 0 bridgehead atoms. The summed E-state index contributed by atoms with van der Waals surface area (Å²) in [5, 5.41) is 4.83. The number of aromatic nitrogens is 2. The summed E-state index contributed by atoms with van der Waals surface area (Å²) in [4.78, 5) is 35.6. The summed E-state index contributed by atoms with van der Waals surface area (Å²) in [6.07, 6.45) is -1.57. The number of benzene rings is 2. The number of hydrogen-bond donors (Lipinski definition) is 1. The lowest BCUT2D eigenvalue weighted by molar-refractivity contribution is -0.138. The third-order valence-corrected chi connectivity index (χ3v) is 5.83. The second-order valence-electron chi connectivity index (χ2n) is 7.10. The van der Waals surface area contributed by atoms with E-state index in [0.29, 0.717) is 33.2 Å². The predicted molar refractivity (Wildman–Crippen MR) is 117 cm³/mol. The summed E-state index contributed by atoms with van der Waals surface area (Å²) in [7, 11) is 0. The standard InChI is InChI=1S/C21H14ClF3N4O3S/c1-11(30)27-29-19(31)18(33-20(29)32)7-12-2-5-17-14(6-12)9-26-28(17)10-13-3-4-15(22)8-16(13)21(23,24)25/h2-9H,10H2,1H3,(H,27,30)/b18-7-. The lowest BCUT2D eigenvalue weighted by Crippen LogP contribution is -2.43. The van der Waals surface area contributed by atoms with Crippen LogP contribution in [0.2, 0.25) is 5.02 Å². The Balaban J connectivity index is 1.62. The first-order valence-corrected chi connectivity index (χ1v) is 10.6. The van der Waals surface area contributed by atoms with Gasteiger partial charge in [-0.3, -0.25) is 24.5 Å². The number of alkyl halides is 3. The molecule has 1 saturated heterocycles. The summed E-state index contributed by atoms with van der Waals surface area (Å²) < 4.78 is 41.6. The van der Waals surface area contributed by atoms with E-state index >= 15 is 0 Å². The van der Waals surface area contributed by atoms with Crippen LogP contribution in [0.3, 0.4) is 0 Å². The number of carbonyl (C=O) groups excluding carboxylic acids is 3. The van der Waals surface area contributed by atoms with Crippen molar-refractivity contribution in [3.8, 4) is 0 Å². The zero-order valence-corrected chi connectivity index (χ0v) is 18.4. The molecule has 7 nitrogen and oxygen atoms in total. The van der Waals surface area contributed by atoms with Crippen LogP contribution in [-0.2, 0) is 22.3 Å². The number of rotatable bonds is 4. The van der Waals surface area contributed by atoms with Gasteiger partial charge in [-0.2, -0.15) is 23.3 Å². The Bertz CT molecular complexity index is 1340. The maximum atomic E-state index is 13.4. The Kier molecular flexibility index (Phi) is 5.93. The van der Waals surface area contributed by atoms with Gasteiger partial charge in [-0.25, -0.2) is 0 Å². The molecule has 1 N–H and O–H groups in total. The lowest BCUT2D eigenvalue weighted by atomic mass is 10.1. The third kappa shape index (κ3) is 4.74. The molecule has 0 aliphatic carbocycles. The Labute approximate surface area is 194 Å². The summed E-state index contributed by atoms with van der Waals surface area (Å²) in [6, 6.07) is 8.60. The first-order chi connectivity index (χ1) is 15.5. The molecule has 2 heterocycles. The van der Waals surface area contributed by atoms with Gasteiger partial charge in [0, 0.05) is 17.3 Å². The molecular formula is C21H14ClF3N4O3S. The second-order valence-corrected chi connectivity index (χ2v) is 8.53. The molecule has 3 aromatic rings. The summed E-state index contributed by atoms with van der Waals surface area (Å²) in [5.74, 6) is -1.21. The molecule has 12 heteroatoms. The first kappa shape index (κ1) is 22.9. The molecule has 0 atom stereocenters. The fraction of sp³-hybridized carbons (Fsp3) is 0.143. The fourth-order valence-electron chi connectivity index (χ4n) is 3.31. The van der Waals surface area contributed by atoms with Crippen LogP contribution < -0.4 is 5.43 Å². The lowest BCUT2D eigenvalue weighted by Gasteiger charge is -2.14. The van der Waals surface area contributed by atoms with Crippen molar-refractivity contribution < 1.29 is 27.6 Å². The number of fused-ring (bicyclic) bond motifs is 1. The van der Waals surface area contributed by atoms with E-state index in [1.54, 1.807) is 18.2 Å². The van der Waals surface area contributed by atoms with Crippen molar-refractivity contribution in [2.45, 2.75) is 19.6 Å².